The lowest BCUT2D eigenvalue weighted by molar-refractivity contribution is -0.385. The molecule has 0 bridgehead atoms. The van der Waals surface area contributed by atoms with E-state index in [9.17, 15) is 14.9 Å². The third-order valence-corrected chi connectivity index (χ3v) is 2.98. The van der Waals surface area contributed by atoms with E-state index in [1.807, 2.05) is 29.9 Å². The molecule has 20 heavy (non-hydrogen) atoms. The van der Waals surface area contributed by atoms with E-state index in [1.54, 1.807) is 0 Å². The zero-order valence-electron chi connectivity index (χ0n) is 10.5. The van der Waals surface area contributed by atoms with Crippen molar-refractivity contribution in [2.24, 2.45) is 7.05 Å². The van der Waals surface area contributed by atoms with E-state index in [4.69, 9.17) is 11.6 Å². The molecule has 1 amide bonds. The molecule has 1 N–H and O–H groups in total. The molecular weight excluding hydrogens is 284 g/mol. The van der Waals surface area contributed by atoms with Gasteiger partial charge in [0.15, 0.2) is 0 Å². The van der Waals surface area contributed by atoms with Gasteiger partial charge in [0.05, 0.1) is 11.5 Å². The highest BCUT2D eigenvalue weighted by Crippen LogP contribution is 2.20. The first-order chi connectivity index (χ1) is 9.49. The van der Waals surface area contributed by atoms with Crippen molar-refractivity contribution >= 4 is 23.2 Å². The molecular formula is C12H11ClN4O3. The number of amides is 1. The average molecular weight is 295 g/mol. The summed E-state index contributed by atoms with van der Waals surface area (Å²) in [5.41, 5.74) is 0.393. The van der Waals surface area contributed by atoms with Gasteiger partial charge >= 0.3 is 0 Å². The second-order valence-electron chi connectivity index (χ2n) is 4.07. The van der Waals surface area contributed by atoms with Crippen LogP contribution in [-0.2, 0) is 13.6 Å². The van der Waals surface area contributed by atoms with Gasteiger partial charge in [-0.2, -0.15) is 0 Å². The Labute approximate surface area is 119 Å². The third kappa shape index (κ3) is 2.94. The fourth-order valence-electron chi connectivity index (χ4n) is 1.70. The van der Waals surface area contributed by atoms with Crippen LogP contribution in [0.1, 0.15) is 16.1 Å². The molecule has 0 saturated heterocycles. The summed E-state index contributed by atoms with van der Waals surface area (Å²) < 4.78 is 1.84. The third-order valence-electron chi connectivity index (χ3n) is 2.77. The van der Waals surface area contributed by atoms with Crippen LogP contribution >= 0.6 is 11.6 Å². The van der Waals surface area contributed by atoms with Gasteiger partial charge in [0.25, 0.3) is 11.6 Å². The van der Waals surface area contributed by atoms with Crippen LogP contribution in [0, 0.1) is 10.1 Å². The van der Waals surface area contributed by atoms with E-state index in [0.29, 0.717) is 0 Å². The van der Waals surface area contributed by atoms with Crippen LogP contribution in [-0.4, -0.2) is 20.4 Å². The van der Waals surface area contributed by atoms with E-state index in [2.05, 4.69) is 10.3 Å². The van der Waals surface area contributed by atoms with Crippen LogP contribution in [0.15, 0.2) is 30.6 Å². The minimum Gasteiger partial charge on any atom is -0.353 e. The Balaban J connectivity index is 2.19. The van der Waals surface area contributed by atoms with Gasteiger partial charge < -0.3 is 9.88 Å². The van der Waals surface area contributed by atoms with Crippen LogP contribution < -0.4 is 5.32 Å². The van der Waals surface area contributed by atoms with Crippen LogP contribution in [0.25, 0.3) is 0 Å². The van der Waals surface area contributed by atoms with Gasteiger partial charge in [0.1, 0.15) is 16.9 Å². The van der Waals surface area contributed by atoms with Crippen LogP contribution in [0.4, 0.5) is 5.69 Å². The molecule has 0 aromatic carbocycles. The molecule has 2 aromatic heterocycles. The Kier molecular flexibility index (Phi) is 3.99. The van der Waals surface area contributed by atoms with Gasteiger partial charge in [0.2, 0.25) is 0 Å². The van der Waals surface area contributed by atoms with Crippen molar-refractivity contribution in [3.05, 3.63) is 57.1 Å². The van der Waals surface area contributed by atoms with Crippen molar-refractivity contribution < 1.29 is 9.72 Å². The Morgan fingerprint density at radius 3 is 2.95 bits per heavy atom. The molecule has 0 aliphatic heterocycles. The fourth-order valence-corrected chi connectivity index (χ4v) is 1.85. The van der Waals surface area contributed by atoms with Crippen molar-refractivity contribution in [1.82, 2.24) is 14.9 Å². The van der Waals surface area contributed by atoms with E-state index >= 15 is 0 Å². The summed E-state index contributed by atoms with van der Waals surface area (Å²) in [6.45, 7) is 0.263. The van der Waals surface area contributed by atoms with Crippen molar-refractivity contribution in [1.29, 1.82) is 0 Å². The molecule has 2 rings (SSSR count). The molecule has 0 unspecified atom stereocenters. The minimum absolute atomic E-state index is 0.0274. The summed E-state index contributed by atoms with van der Waals surface area (Å²) in [5, 5.41) is 13.5. The molecule has 104 valence electrons. The van der Waals surface area contributed by atoms with Crippen molar-refractivity contribution in [3.8, 4) is 0 Å². The maximum Gasteiger partial charge on any atom is 0.300 e. The second kappa shape index (κ2) is 5.70. The number of aryl methyl sites for hydroxylation is 1. The van der Waals surface area contributed by atoms with Gasteiger partial charge in [-0.05, 0) is 18.2 Å². The summed E-state index contributed by atoms with van der Waals surface area (Å²) in [6, 6.07) is 4.86. The van der Waals surface area contributed by atoms with Gasteiger partial charge in [-0.15, -0.1) is 0 Å². The lowest BCUT2D eigenvalue weighted by Crippen LogP contribution is -2.24. The molecule has 2 aromatic rings. The number of nitrogens with one attached hydrogen (secondary N) is 1. The Morgan fingerprint density at radius 1 is 1.60 bits per heavy atom. The van der Waals surface area contributed by atoms with Crippen LogP contribution in [0.2, 0.25) is 5.15 Å². The Hall–Kier alpha value is -2.41. The van der Waals surface area contributed by atoms with Crippen molar-refractivity contribution in [2.45, 2.75) is 6.54 Å². The number of hydrogen-bond acceptors (Lipinski definition) is 4. The summed E-state index contributed by atoms with van der Waals surface area (Å²) >= 11 is 5.67. The van der Waals surface area contributed by atoms with Gasteiger partial charge in [0, 0.05) is 18.9 Å². The van der Waals surface area contributed by atoms with E-state index in [-0.39, 0.29) is 22.9 Å². The molecule has 8 heteroatoms. The largest absolute Gasteiger partial charge is 0.353 e. The first-order valence-corrected chi connectivity index (χ1v) is 6.05. The Bertz CT molecular complexity index is 668. The van der Waals surface area contributed by atoms with Crippen molar-refractivity contribution in [2.75, 3.05) is 0 Å². The lowest BCUT2D eigenvalue weighted by Gasteiger charge is -2.07. The number of hydrogen-bond donors (Lipinski definition) is 1. The number of rotatable bonds is 4. The van der Waals surface area contributed by atoms with Crippen molar-refractivity contribution in [3.63, 3.8) is 0 Å². The first kappa shape index (κ1) is 14.0. The molecule has 0 atom stereocenters. The summed E-state index contributed by atoms with van der Waals surface area (Å²) in [7, 11) is 1.84. The Morgan fingerprint density at radius 2 is 2.35 bits per heavy atom. The predicted octanol–water partition coefficient (Wildman–Crippen LogP) is 1.91. The van der Waals surface area contributed by atoms with Gasteiger partial charge in [-0.3, -0.25) is 14.9 Å². The molecule has 0 saturated carbocycles. The van der Waals surface area contributed by atoms with E-state index < -0.39 is 10.8 Å². The summed E-state index contributed by atoms with van der Waals surface area (Å²) in [4.78, 5) is 25.8. The number of halogens is 1. The average Bonchev–Trinajstić information content (AvgIpc) is 2.81. The highest BCUT2D eigenvalue weighted by atomic mass is 35.5. The SMILES string of the molecule is Cn1cccc1CNC(=O)c1cc(Cl)ncc1[N+](=O)[O-]. The molecule has 0 fully saturated rings. The zero-order valence-corrected chi connectivity index (χ0v) is 11.3. The number of aromatic nitrogens is 2. The molecule has 7 nitrogen and oxygen atoms in total. The summed E-state index contributed by atoms with van der Waals surface area (Å²) in [6.07, 6.45) is 2.81. The molecule has 0 spiro atoms. The zero-order chi connectivity index (χ0) is 14.7. The summed E-state index contributed by atoms with van der Waals surface area (Å²) in [5.74, 6) is -0.567. The standard InChI is InChI=1S/C12H11ClN4O3/c1-16-4-2-3-8(16)6-15-12(18)9-5-11(13)14-7-10(9)17(19)20/h2-5,7H,6H2,1H3,(H,15,18). The topological polar surface area (TPSA) is 90.1 Å². The fraction of sp³-hybridized carbons (Fsp3) is 0.167. The van der Waals surface area contributed by atoms with E-state index in [0.717, 1.165) is 11.9 Å². The number of carbonyl (C=O) groups is 1. The van der Waals surface area contributed by atoms with E-state index in [1.165, 1.54) is 6.07 Å². The second-order valence-corrected chi connectivity index (χ2v) is 4.46. The molecule has 2 heterocycles. The smallest absolute Gasteiger partial charge is 0.300 e. The number of carbonyl (C=O) groups excluding carboxylic acids is 1. The maximum atomic E-state index is 12.0. The maximum absolute atomic E-state index is 12.0. The first-order valence-electron chi connectivity index (χ1n) is 5.67. The van der Waals surface area contributed by atoms with Crippen LogP contribution in [0.3, 0.4) is 0 Å². The molecule has 0 aliphatic rings. The number of pyridine rings is 1. The minimum atomic E-state index is -0.666. The van der Waals surface area contributed by atoms with Gasteiger partial charge in [-0.1, -0.05) is 11.6 Å². The highest BCUT2D eigenvalue weighted by Gasteiger charge is 2.21. The predicted molar refractivity (Wildman–Crippen MR) is 72.5 cm³/mol. The van der Waals surface area contributed by atoms with Gasteiger partial charge in [-0.25, -0.2) is 4.98 Å². The number of nitro groups is 1. The monoisotopic (exact) mass is 294 g/mol. The lowest BCUT2D eigenvalue weighted by atomic mass is 10.2. The molecule has 0 aliphatic carbocycles. The number of nitrogens with zero attached hydrogens (tertiary/aromatic N) is 3. The highest BCUT2D eigenvalue weighted by molar-refractivity contribution is 6.29. The van der Waals surface area contributed by atoms with Crippen LogP contribution in [0.5, 0.6) is 0 Å². The quantitative estimate of drug-likeness (QED) is 0.530. The normalized spacial score (nSPS) is 10.3. The molecule has 0 radical (unpaired) electrons.